The van der Waals surface area contributed by atoms with Gasteiger partial charge in [-0.3, -0.25) is 4.79 Å². The van der Waals surface area contributed by atoms with E-state index in [9.17, 15) is 9.59 Å². The Kier molecular flexibility index (Phi) is 4.09. The maximum Gasteiger partial charge on any atom is 0.335 e. The van der Waals surface area contributed by atoms with Gasteiger partial charge in [-0.25, -0.2) is 4.79 Å². The standard InChI is InChI=1S/C15H20N2O3/c1-10-7-11(3-4-12(10)14(19)20)17-13(18)8-15(9-16)5-2-6-15/h3-4,7H,2,5-6,8-9,16H2,1H3,(H,17,18)(H,19,20). The molecular weight excluding hydrogens is 256 g/mol. The van der Waals surface area contributed by atoms with Crippen LogP contribution >= 0.6 is 0 Å². The van der Waals surface area contributed by atoms with Crippen LogP contribution in [0.15, 0.2) is 18.2 Å². The highest BCUT2D eigenvalue weighted by Gasteiger charge is 2.37. The summed E-state index contributed by atoms with van der Waals surface area (Å²) in [4.78, 5) is 23.0. The second kappa shape index (κ2) is 5.63. The number of amides is 1. The molecule has 108 valence electrons. The van der Waals surface area contributed by atoms with Crippen molar-refractivity contribution >= 4 is 17.6 Å². The molecule has 0 atom stereocenters. The highest BCUT2D eigenvalue weighted by molar-refractivity contribution is 5.93. The normalized spacial score (nSPS) is 16.3. The summed E-state index contributed by atoms with van der Waals surface area (Å²) in [6, 6.07) is 4.80. The number of hydrogen-bond donors (Lipinski definition) is 3. The van der Waals surface area contributed by atoms with Gasteiger partial charge in [-0.15, -0.1) is 0 Å². The summed E-state index contributed by atoms with van der Waals surface area (Å²) in [6.45, 7) is 2.25. The van der Waals surface area contributed by atoms with Crippen molar-refractivity contribution in [1.82, 2.24) is 0 Å². The van der Waals surface area contributed by atoms with E-state index < -0.39 is 5.97 Å². The van der Waals surface area contributed by atoms with Gasteiger partial charge >= 0.3 is 5.97 Å². The fraction of sp³-hybridized carbons (Fsp3) is 0.467. The Hall–Kier alpha value is -1.88. The van der Waals surface area contributed by atoms with Crippen LogP contribution in [0.4, 0.5) is 5.69 Å². The minimum Gasteiger partial charge on any atom is -0.478 e. The van der Waals surface area contributed by atoms with E-state index in [4.69, 9.17) is 10.8 Å². The molecule has 0 aliphatic heterocycles. The van der Waals surface area contributed by atoms with E-state index in [1.807, 2.05) is 0 Å². The zero-order chi connectivity index (χ0) is 14.8. The third-order valence-electron chi connectivity index (χ3n) is 4.12. The van der Waals surface area contributed by atoms with Crippen LogP contribution in [0.5, 0.6) is 0 Å². The summed E-state index contributed by atoms with van der Waals surface area (Å²) in [5, 5.41) is 11.8. The number of aromatic carboxylic acids is 1. The van der Waals surface area contributed by atoms with Crippen molar-refractivity contribution in [2.75, 3.05) is 11.9 Å². The number of anilines is 1. The van der Waals surface area contributed by atoms with E-state index in [2.05, 4.69) is 5.32 Å². The van der Waals surface area contributed by atoms with Crippen molar-refractivity contribution < 1.29 is 14.7 Å². The first-order valence-corrected chi connectivity index (χ1v) is 6.80. The molecule has 0 radical (unpaired) electrons. The molecule has 0 aromatic heterocycles. The number of carbonyl (C=O) groups excluding carboxylic acids is 1. The first kappa shape index (κ1) is 14.5. The summed E-state index contributed by atoms with van der Waals surface area (Å²) < 4.78 is 0. The molecule has 4 N–H and O–H groups in total. The Balaban J connectivity index is 2.01. The number of carboxylic acid groups (broad SMARTS) is 1. The zero-order valence-corrected chi connectivity index (χ0v) is 11.6. The van der Waals surface area contributed by atoms with Gasteiger partial charge < -0.3 is 16.2 Å². The number of benzene rings is 1. The van der Waals surface area contributed by atoms with Crippen molar-refractivity contribution in [2.24, 2.45) is 11.1 Å². The van der Waals surface area contributed by atoms with E-state index >= 15 is 0 Å². The van der Waals surface area contributed by atoms with Crippen LogP contribution in [-0.2, 0) is 4.79 Å². The average Bonchev–Trinajstić information content (AvgIpc) is 2.33. The average molecular weight is 276 g/mol. The summed E-state index contributed by atoms with van der Waals surface area (Å²) in [5.41, 5.74) is 7.23. The van der Waals surface area contributed by atoms with E-state index in [0.29, 0.717) is 24.2 Å². The monoisotopic (exact) mass is 276 g/mol. The number of nitrogens with two attached hydrogens (primary N) is 1. The molecule has 1 aliphatic rings. The molecule has 0 unspecified atom stereocenters. The molecular formula is C15H20N2O3. The number of carboxylic acids is 1. The molecule has 5 heteroatoms. The quantitative estimate of drug-likeness (QED) is 0.768. The van der Waals surface area contributed by atoms with Crippen molar-refractivity contribution in [1.29, 1.82) is 0 Å². The smallest absolute Gasteiger partial charge is 0.335 e. The van der Waals surface area contributed by atoms with Gasteiger partial charge in [0.15, 0.2) is 0 Å². The molecule has 2 rings (SSSR count). The number of hydrogen-bond acceptors (Lipinski definition) is 3. The second-order valence-electron chi connectivity index (χ2n) is 5.62. The lowest BCUT2D eigenvalue weighted by atomic mass is 9.66. The van der Waals surface area contributed by atoms with E-state index in [1.165, 1.54) is 6.07 Å². The van der Waals surface area contributed by atoms with Gasteiger partial charge in [-0.05, 0) is 55.5 Å². The number of carbonyl (C=O) groups is 2. The summed E-state index contributed by atoms with van der Waals surface area (Å²) in [7, 11) is 0. The van der Waals surface area contributed by atoms with Gasteiger partial charge in [0.1, 0.15) is 0 Å². The van der Waals surface area contributed by atoms with E-state index in [-0.39, 0.29) is 16.9 Å². The van der Waals surface area contributed by atoms with Crippen molar-refractivity contribution in [3.8, 4) is 0 Å². The van der Waals surface area contributed by atoms with Crippen LogP contribution in [-0.4, -0.2) is 23.5 Å². The van der Waals surface area contributed by atoms with E-state index in [0.717, 1.165) is 19.3 Å². The molecule has 0 bridgehead atoms. The molecule has 1 amide bonds. The minimum atomic E-state index is -0.961. The summed E-state index contributed by atoms with van der Waals surface area (Å²) in [5.74, 6) is -1.02. The Bertz CT molecular complexity index is 530. The Morgan fingerprint density at radius 3 is 2.55 bits per heavy atom. The van der Waals surface area contributed by atoms with Gasteiger partial charge in [0.05, 0.1) is 5.56 Å². The van der Waals surface area contributed by atoms with Crippen molar-refractivity contribution in [2.45, 2.75) is 32.6 Å². The SMILES string of the molecule is Cc1cc(NC(=O)CC2(CN)CCC2)ccc1C(=O)O. The van der Waals surface area contributed by atoms with Gasteiger partial charge in [-0.1, -0.05) is 6.42 Å². The molecule has 0 saturated heterocycles. The van der Waals surface area contributed by atoms with Crippen molar-refractivity contribution in [3.63, 3.8) is 0 Å². The maximum atomic E-state index is 12.0. The lowest BCUT2D eigenvalue weighted by molar-refractivity contribution is -0.119. The van der Waals surface area contributed by atoms with E-state index in [1.54, 1.807) is 19.1 Å². The fourth-order valence-electron chi connectivity index (χ4n) is 2.66. The Morgan fingerprint density at radius 1 is 1.40 bits per heavy atom. The minimum absolute atomic E-state index is 0.0276. The molecule has 20 heavy (non-hydrogen) atoms. The Labute approximate surface area is 118 Å². The third-order valence-corrected chi connectivity index (χ3v) is 4.12. The maximum absolute atomic E-state index is 12.0. The predicted octanol–water partition coefficient (Wildman–Crippen LogP) is 2.15. The molecule has 1 aliphatic carbocycles. The lowest BCUT2D eigenvalue weighted by Crippen LogP contribution is -2.40. The fourth-order valence-corrected chi connectivity index (χ4v) is 2.66. The first-order chi connectivity index (χ1) is 9.46. The molecule has 0 heterocycles. The van der Waals surface area contributed by atoms with Crippen LogP contribution in [0.1, 0.15) is 41.6 Å². The molecule has 1 aromatic carbocycles. The van der Waals surface area contributed by atoms with Gasteiger partial charge in [0.25, 0.3) is 0 Å². The molecule has 0 spiro atoms. The second-order valence-corrected chi connectivity index (χ2v) is 5.62. The van der Waals surface area contributed by atoms with Gasteiger partial charge in [-0.2, -0.15) is 0 Å². The Morgan fingerprint density at radius 2 is 2.10 bits per heavy atom. The topological polar surface area (TPSA) is 92.4 Å². The molecule has 1 saturated carbocycles. The molecule has 1 aromatic rings. The molecule has 1 fully saturated rings. The summed E-state index contributed by atoms with van der Waals surface area (Å²) >= 11 is 0. The van der Waals surface area contributed by atoms with Crippen LogP contribution < -0.4 is 11.1 Å². The highest BCUT2D eigenvalue weighted by atomic mass is 16.4. The van der Waals surface area contributed by atoms with Gasteiger partial charge in [0, 0.05) is 12.1 Å². The largest absolute Gasteiger partial charge is 0.478 e. The van der Waals surface area contributed by atoms with Crippen LogP contribution in [0.2, 0.25) is 0 Å². The summed E-state index contributed by atoms with van der Waals surface area (Å²) in [6.07, 6.45) is 3.59. The number of rotatable bonds is 5. The third kappa shape index (κ3) is 2.99. The van der Waals surface area contributed by atoms with Gasteiger partial charge in [0.2, 0.25) is 5.91 Å². The highest BCUT2D eigenvalue weighted by Crippen LogP contribution is 2.43. The molecule has 5 nitrogen and oxygen atoms in total. The van der Waals surface area contributed by atoms with Crippen LogP contribution in [0.25, 0.3) is 0 Å². The van der Waals surface area contributed by atoms with Crippen molar-refractivity contribution in [3.05, 3.63) is 29.3 Å². The zero-order valence-electron chi connectivity index (χ0n) is 11.6. The number of nitrogens with one attached hydrogen (secondary N) is 1. The predicted molar refractivity (Wildman–Crippen MR) is 76.7 cm³/mol. The van der Waals surface area contributed by atoms with Crippen LogP contribution in [0, 0.1) is 12.3 Å². The number of aryl methyl sites for hydroxylation is 1. The lowest BCUT2D eigenvalue weighted by Gasteiger charge is -2.40. The first-order valence-electron chi connectivity index (χ1n) is 6.80. The van der Waals surface area contributed by atoms with Crippen LogP contribution in [0.3, 0.4) is 0 Å².